The number of benzene rings is 2. The third-order valence-electron chi connectivity index (χ3n) is 3.65. The van der Waals surface area contributed by atoms with Crippen LogP contribution in [0, 0.1) is 6.92 Å². The Morgan fingerprint density at radius 1 is 1.13 bits per heavy atom. The Labute approximate surface area is 137 Å². The SMILES string of the molecule is CCOc1cc(C(=O)NC(C)c2ccc(C)cc2)ccc1OC. The summed E-state index contributed by atoms with van der Waals surface area (Å²) in [5.74, 6) is 1.06. The van der Waals surface area contributed by atoms with Crippen molar-refractivity contribution in [1.82, 2.24) is 5.32 Å². The molecule has 0 radical (unpaired) electrons. The van der Waals surface area contributed by atoms with E-state index in [1.807, 2.05) is 45.0 Å². The maximum Gasteiger partial charge on any atom is 0.251 e. The van der Waals surface area contributed by atoms with Crippen molar-refractivity contribution in [3.63, 3.8) is 0 Å². The Balaban J connectivity index is 2.13. The van der Waals surface area contributed by atoms with Crippen molar-refractivity contribution >= 4 is 5.91 Å². The topological polar surface area (TPSA) is 47.6 Å². The van der Waals surface area contributed by atoms with E-state index >= 15 is 0 Å². The molecule has 0 saturated heterocycles. The number of nitrogens with one attached hydrogen (secondary N) is 1. The Kier molecular flexibility index (Phi) is 5.63. The lowest BCUT2D eigenvalue weighted by Crippen LogP contribution is -2.26. The molecule has 1 N–H and O–H groups in total. The van der Waals surface area contributed by atoms with Crippen LogP contribution in [0.25, 0.3) is 0 Å². The molecule has 0 fully saturated rings. The van der Waals surface area contributed by atoms with E-state index in [4.69, 9.17) is 9.47 Å². The Hall–Kier alpha value is -2.49. The van der Waals surface area contributed by atoms with Crippen LogP contribution in [0.1, 0.15) is 41.4 Å². The first-order chi connectivity index (χ1) is 11.0. The average molecular weight is 313 g/mol. The molecule has 122 valence electrons. The van der Waals surface area contributed by atoms with Crippen molar-refractivity contribution in [2.45, 2.75) is 26.8 Å². The van der Waals surface area contributed by atoms with Crippen LogP contribution in [0.5, 0.6) is 11.5 Å². The Bertz CT molecular complexity index is 665. The summed E-state index contributed by atoms with van der Waals surface area (Å²) < 4.78 is 10.8. The number of carbonyl (C=O) groups excluding carboxylic acids is 1. The summed E-state index contributed by atoms with van der Waals surface area (Å²) in [6.07, 6.45) is 0. The molecule has 1 unspecified atom stereocenters. The summed E-state index contributed by atoms with van der Waals surface area (Å²) in [4.78, 5) is 12.4. The van der Waals surface area contributed by atoms with Gasteiger partial charge in [-0.25, -0.2) is 0 Å². The number of amides is 1. The highest BCUT2D eigenvalue weighted by Crippen LogP contribution is 2.28. The van der Waals surface area contributed by atoms with Crippen LogP contribution in [0.3, 0.4) is 0 Å². The highest BCUT2D eigenvalue weighted by atomic mass is 16.5. The van der Waals surface area contributed by atoms with Gasteiger partial charge in [-0.05, 0) is 44.5 Å². The van der Waals surface area contributed by atoms with Crippen molar-refractivity contribution < 1.29 is 14.3 Å². The Morgan fingerprint density at radius 3 is 2.43 bits per heavy atom. The van der Waals surface area contributed by atoms with Crippen LogP contribution in [-0.2, 0) is 0 Å². The predicted octanol–water partition coefficient (Wildman–Crippen LogP) is 3.89. The van der Waals surface area contributed by atoms with Gasteiger partial charge < -0.3 is 14.8 Å². The first-order valence-corrected chi connectivity index (χ1v) is 7.73. The lowest BCUT2D eigenvalue weighted by molar-refractivity contribution is 0.0939. The monoisotopic (exact) mass is 313 g/mol. The molecule has 0 aliphatic rings. The van der Waals surface area contributed by atoms with Gasteiger partial charge in [0.05, 0.1) is 19.8 Å². The number of carbonyl (C=O) groups is 1. The van der Waals surface area contributed by atoms with Gasteiger partial charge in [0.25, 0.3) is 5.91 Å². The molecular formula is C19H23NO3. The van der Waals surface area contributed by atoms with Crippen LogP contribution in [0.15, 0.2) is 42.5 Å². The molecule has 0 heterocycles. The number of hydrogen-bond acceptors (Lipinski definition) is 3. The van der Waals surface area contributed by atoms with Crippen LogP contribution >= 0.6 is 0 Å². The maximum atomic E-state index is 12.4. The smallest absolute Gasteiger partial charge is 0.251 e. The Morgan fingerprint density at radius 2 is 1.83 bits per heavy atom. The van der Waals surface area contributed by atoms with Gasteiger partial charge in [-0.15, -0.1) is 0 Å². The summed E-state index contributed by atoms with van der Waals surface area (Å²) in [6, 6.07) is 13.3. The van der Waals surface area contributed by atoms with E-state index < -0.39 is 0 Å². The third kappa shape index (κ3) is 4.25. The van der Waals surface area contributed by atoms with Crippen molar-refractivity contribution in [3.05, 3.63) is 59.2 Å². The van der Waals surface area contributed by atoms with E-state index in [2.05, 4.69) is 5.32 Å². The first kappa shape index (κ1) is 16.9. The average Bonchev–Trinajstić information content (AvgIpc) is 2.55. The highest BCUT2D eigenvalue weighted by molar-refractivity contribution is 5.95. The zero-order chi connectivity index (χ0) is 16.8. The summed E-state index contributed by atoms with van der Waals surface area (Å²) >= 11 is 0. The molecule has 2 aromatic rings. The lowest BCUT2D eigenvalue weighted by Gasteiger charge is -2.16. The minimum absolute atomic E-state index is 0.0688. The van der Waals surface area contributed by atoms with E-state index in [0.29, 0.717) is 23.7 Å². The van der Waals surface area contributed by atoms with Crippen LogP contribution in [0.2, 0.25) is 0 Å². The molecule has 1 atom stereocenters. The third-order valence-corrected chi connectivity index (χ3v) is 3.65. The van der Waals surface area contributed by atoms with Crippen molar-refractivity contribution in [2.24, 2.45) is 0 Å². The van der Waals surface area contributed by atoms with Gasteiger partial charge >= 0.3 is 0 Å². The van der Waals surface area contributed by atoms with Crippen LogP contribution < -0.4 is 14.8 Å². The molecule has 1 amide bonds. The largest absolute Gasteiger partial charge is 0.493 e. The van der Waals surface area contributed by atoms with E-state index in [1.165, 1.54) is 5.56 Å². The standard InChI is InChI=1S/C19H23NO3/c1-5-23-18-12-16(10-11-17(18)22-4)19(21)20-14(3)15-8-6-13(2)7-9-15/h6-12,14H,5H2,1-4H3,(H,20,21). The van der Waals surface area contributed by atoms with Gasteiger partial charge in [-0.2, -0.15) is 0 Å². The number of hydrogen-bond donors (Lipinski definition) is 1. The fourth-order valence-electron chi connectivity index (χ4n) is 2.30. The van der Waals surface area contributed by atoms with Gasteiger partial charge in [0.1, 0.15) is 0 Å². The summed E-state index contributed by atoms with van der Waals surface area (Å²) in [7, 11) is 1.58. The number of ether oxygens (including phenoxy) is 2. The molecule has 23 heavy (non-hydrogen) atoms. The lowest BCUT2D eigenvalue weighted by atomic mass is 10.1. The van der Waals surface area contributed by atoms with Gasteiger partial charge in [0.2, 0.25) is 0 Å². The van der Waals surface area contributed by atoms with Crippen LogP contribution in [0.4, 0.5) is 0 Å². The first-order valence-electron chi connectivity index (χ1n) is 7.73. The minimum Gasteiger partial charge on any atom is -0.493 e. The van der Waals surface area contributed by atoms with Gasteiger partial charge in [0.15, 0.2) is 11.5 Å². The van der Waals surface area contributed by atoms with Crippen molar-refractivity contribution in [1.29, 1.82) is 0 Å². The summed E-state index contributed by atoms with van der Waals surface area (Å²) in [6.45, 7) is 6.42. The fraction of sp³-hybridized carbons (Fsp3) is 0.316. The van der Waals surface area contributed by atoms with Gasteiger partial charge in [-0.3, -0.25) is 4.79 Å². The number of rotatable bonds is 6. The zero-order valence-corrected chi connectivity index (χ0v) is 14.1. The molecule has 2 rings (SSSR count). The predicted molar refractivity (Wildman–Crippen MR) is 91.2 cm³/mol. The van der Waals surface area contributed by atoms with Crippen LogP contribution in [-0.4, -0.2) is 19.6 Å². The van der Waals surface area contributed by atoms with Gasteiger partial charge in [-0.1, -0.05) is 29.8 Å². The second kappa shape index (κ2) is 7.68. The maximum absolute atomic E-state index is 12.4. The molecule has 2 aromatic carbocycles. The summed E-state index contributed by atoms with van der Waals surface area (Å²) in [5.41, 5.74) is 2.82. The quantitative estimate of drug-likeness (QED) is 0.880. The number of methoxy groups -OCH3 is 1. The van der Waals surface area contributed by atoms with Crippen molar-refractivity contribution in [2.75, 3.05) is 13.7 Å². The van der Waals surface area contributed by atoms with Gasteiger partial charge in [0, 0.05) is 5.56 Å². The van der Waals surface area contributed by atoms with Crippen molar-refractivity contribution in [3.8, 4) is 11.5 Å². The zero-order valence-electron chi connectivity index (χ0n) is 14.1. The second-order valence-electron chi connectivity index (χ2n) is 5.40. The van der Waals surface area contributed by atoms with E-state index in [1.54, 1.807) is 25.3 Å². The normalized spacial score (nSPS) is 11.7. The highest BCUT2D eigenvalue weighted by Gasteiger charge is 2.14. The van der Waals surface area contributed by atoms with E-state index in [-0.39, 0.29) is 11.9 Å². The number of aryl methyl sites for hydroxylation is 1. The molecule has 0 saturated carbocycles. The second-order valence-corrected chi connectivity index (χ2v) is 5.40. The van der Waals surface area contributed by atoms with E-state index in [9.17, 15) is 4.79 Å². The molecular weight excluding hydrogens is 290 g/mol. The molecule has 0 spiro atoms. The molecule has 0 bridgehead atoms. The molecule has 0 aliphatic heterocycles. The molecule has 4 nitrogen and oxygen atoms in total. The molecule has 0 aliphatic carbocycles. The molecule has 4 heteroatoms. The molecule has 0 aromatic heterocycles. The minimum atomic E-state index is -0.137. The fourth-order valence-corrected chi connectivity index (χ4v) is 2.30. The summed E-state index contributed by atoms with van der Waals surface area (Å²) in [5, 5.41) is 3.00. The van der Waals surface area contributed by atoms with E-state index in [0.717, 1.165) is 5.56 Å².